The molecule has 0 saturated heterocycles. The number of pyridine rings is 2. The standard InChI is InChI=1S/C9H7ClN2O/c10-8-4-6(5-13)9-7(12-8)2-1-3-11-9/h1-4,13H,5H2. The average molecular weight is 195 g/mol. The van der Waals surface area contributed by atoms with Gasteiger partial charge >= 0.3 is 0 Å². The Kier molecular flexibility index (Phi) is 2.12. The van der Waals surface area contributed by atoms with Gasteiger partial charge in [0.2, 0.25) is 0 Å². The monoisotopic (exact) mass is 194 g/mol. The van der Waals surface area contributed by atoms with Gasteiger partial charge in [-0.3, -0.25) is 4.98 Å². The molecule has 0 aliphatic heterocycles. The molecule has 66 valence electrons. The molecule has 2 aromatic heterocycles. The molecule has 0 aliphatic carbocycles. The first-order valence-electron chi connectivity index (χ1n) is 3.82. The SMILES string of the molecule is OCc1cc(Cl)nc2cccnc12. The van der Waals surface area contributed by atoms with Gasteiger partial charge in [-0.15, -0.1) is 0 Å². The van der Waals surface area contributed by atoms with Gasteiger partial charge in [-0.1, -0.05) is 11.6 Å². The van der Waals surface area contributed by atoms with Crippen LogP contribution in [0.5, 0.6) is 0 Å². The van der Waals surface area contributed by atoms with Crippen molar-refractivity contribution >= 4 is 22.6 Å². The highest BCUT2D eigenvalue weighted by molar-refractivity contribution is 6.29. The second-order valence-electron chi connectivity index (χ2n) is 2.63. The van der Waals surface area contributed by atoms with E-state index in [1.807, 2.05) is 6.07 Å². The van der Waals surface area contributed by atoms with Gasteiger partial charge in [0.05, 0.1) is 17.6 Å². The van der Waals surface area contributed by atoms with Crippen LogP contribution < -0.4 is 0 Å². The molecule has 0 aromatic carbocycles. The first-order valence-corrected chi connectivity index (χ1v) is 4.20. The van der Waals surface area contributed by atoms with E-state index in [2.05, 4.69) is 9.97 Å². The fourth-order valence-electron chi connectivity index (χ4n) is 1.21. The first kappa shape index (κ1) is 8.41. The largest absolute Gasteiger partial charge is 0.392 e. The van der Waals surface area contributed by atoms with Crippen molar-refractivity contribution in [2.45, 2.75) is 6.61 Å². The van der Waals surface area contributed by atoms with Crippen molar-refractivity contribution in [3.63, 3.8) is 0 Å². The van der Waals surface area contributed by atoms with Crippen LogP contribution in [0.15, 0.2) is 24.4 Å². The number of aliphatic hydroxyl groups excluding tert-OH is 1. The zero-order valence-corrected chi connectivity index (χ0v) is 7.49. The second-order valence-corrected chi connectivity index (χ2v) is 3.02. The summed E-state index contributed by atoms with van der Waals surface area (Å²) in [5, 5.41) is 9.41. The summed E-state index contributed by atoms with van der Waals surface area (Å²) >= 11 is 5.75. The van der Waals surface area contributed by atoms with E-state index in [0.29, 0.717) is 21.7 Å². The Labute approximate surface area is 80.0 Å². The van der Waals surface area contributed by atoms with Crippen LogP contribution in [0, 0.1) is 0 Å². The average Bonchev–Trinajstić information content (AvgIpc) is 2.16. The van der Waals surface area contributed by atoms with Gasteiger partial charge in [-0.25, -0.2) is 4.98 Å². The number of hydrogen-bond acceptors (Lipinski definition) is 3. The molecule has 13 heavy (non-hydrogen) atoms. The molecule has 0 fully saturated rings. The van der Waals surface area contributed by atoms with Crippen LogP contribution in [0.3, 0.4) is 0 Å². The molecule has 0 saturated carbocycles. The molecule has 0 radical (unpaired) electrons. The quantitative estimate of drug-likeness (QED) is 0.704. The van der Waals surface area contributed by atoms with Crippen molar-refractivity contribution in [1.82, 2.24) is 9.97 Å². The van der Waals surface area contributed by atoms with E-state index in [0.717, 1.165) is 0 Å². The van der Waals surface area contributed by atoms with Crippen LogP contribution in [0.4, 0.5) is 0 Å². The van der Waals surface area contributed by atoms with Crippen molar-refractivity contribution in [3.8, 4) is 0 Å². The maximum Gasteiger partial charge on any atom is 0.130 e. The van der Waals surface area contributed by atoms with Gasteiger partial charge < -0.3 is 5.11 Å². The summed E-state index contributed by atoms with van der Waals surface area (Å²) in [6, 6.07) is 5.22. The van der Waals surface area contributed by atoms with Crippen molar-refractivity contribution in [2.24, 2.45) is 0 Å². The molecule has 1 N–H and O–H groups in total. The number of hydrogen-bond donors (Lipinski definition) is 1. The maximum absolute atomic E-state index is 9.03. The first-order chi connectivity index (χ1) is 6.31. The van der Waals surface area contributed by atoms with E-state index in [9.17, 15) is 0 Å². The molecule has 2 rings (SSSR count). The number of rotatable bonds is 1. The Morgan fingerprint density at radius 2 is 2.31 bits per heavy atom. The molecule has 0 spiro atoms. The predicted molar refractivity (Wildman–Crippen MR) is 50.5 cm³/mol. The zero-order valence-electron chi connectivity index (χ0n) is 6.74. The summed E-state index contributed by atoms with van der Waals surface area (Å²) in [4.78, 5) is 8.19. The minimum absolute atomic E-state index is 0.0737. The number of fused-ring (bicyclic) bond motifs is 1. The predicted octanol–water partition coefficient (Wildman–Crippen LogP) is 1.78. The lowest BCUT2D eigenvalue weighted by Gasteiger charge is -2.01. The number of halogens is 1. The Bertz CT molecular complexity index is 445. The van der Waals surface area contributed by atoms with Gasteiger partial charge in [0, 0.05) is 11.8 Å². The lowest BCUT2D eigenvalue weighted by molar-refractivity contribution is 0.283. The van der Waals surface area contributed by atoms with Crippen LogP contribution in [0.1, 0.15) is 5.56 Å². The fraction of sp³-hybridized carbons (Fsp3) is 0.111. The lowest BCUT2D eigenvalue weighted by atomic mass is 10.2. The fourth-order valence-corrected chi connectivity index (χ4v) is 1.44. The number of aliphatic hydroxyl groups is 1. The summed E-state index contributed by atoms with van der Waals surface area (Å²) < 4.78 is 0. The lowest BCUT2D eigenvalue weighted by Crippen LogP contribution is -1.91. The van der Waals surface area contributed by atoms with Gasteiger partial charge in [0.25, 0.3) is 0 Å². The number of aromatic nitrogens is 2. The normalized spacial score (nSPS) is 10.6. The molecule has 3 nitrogen and oxygen atoms in total. The third kappa shape index (κ3) is 1.48. The smallest absolute Gasteiger partial charge is 0.130 e. The van der Waals surface area contributed by atoms with Gasteiger partial charge in [-0.2, -0.15) is 0 Å². The van der Waals surface area contributed by atoms with Crippen LogP contribution in [-0.2, 0) is 6.61 Å². The molecule has 0 bridgehead atoms. The summed E-state index contributed by atoms with van der Waals surface area (Å²) in [6.45, 7) is -0.0737. The zero-order chi connectivity index (χ0) is 9.26. The van der Waals surface area contributed by atoms with Gasteiger partial charge in [0.15, 0.2) is 0 Å². The Balaban J connectivity index is 2.81. The van der Waals surface area contributed by atoms with E-state index in [-0.39, 0.29) is 6.61 Å². The second kappa shape index (κ2) is 3.28. The minimum atomic E-state index is -0.0737. The van der Waals surface area contributed by atoms with Crippen molar-refractivity contribution in [2.75, 3.05) is 0 Å². The highest BCUT2D eigenvalue weighted by Crippen LogP contribution is 2.18. The summed E-state index contributed by atoms with van der Waals surface area (Å²) in [5.74, 6) is 0. The topological polar surface area (TPSA) is 46.0 Å². The van der Waals surface area contributed by atoms with E-state index in [1.54, 1.807) is 18.3 Å². The minimum Gasteiger partial charge on any atom is -0.392 e. The van der Waals surface area contributed by atoms with Crippen LogP contribution in [0.25, 0.3) is 11.0 Å². The Morgan fingerprint density at radius 3 is 3.08 bits per heavy atom. The molecule has 0 atom stereocenters. The molecular formula is C9H7ClN2O. The summed E-state index contributed by atoms with van der Waals surface area (Å²) in [6.07, 6.45) is 1.66. The molecular weight excluding hydrogens is 188 g/mol. The van der Waals surface area contributed by atoms with Crippen LogP contribution in [0.2, 0.25) is 5.15 Å². The van der Waals surface area contributed by atoms with E-state index < -0.39 is 0 Å². The van der Waals surface area contributed by atoms with E-state index in [4.69, 9.17) is 16.7 Å². The highest BCUT2D eigenvalue weighted by atomic mass is 35.5. The third-order valence-electron chi connectivity index (χ3n) is 1.78. The number of nitrogens with zero attached hydrogens (tertiary/aromatic N) is 2. The summed E-state index contributed by atoms with van der Waals surface area (Å²) in [7, 11) is 0. The van der Waals surface area contributed by atoms with Crippen molar-refractivity contribution < 1.29 is 5.11 Å². The van der Waals surface area contributed by atoms with Crippen molar-refractivity contribution in [3.05, 3.63) is 35.1 Å². The van der Waals surface area contributed by atoms with Crippen LogP contribution >= 0.6 is 11.6 Å². The molecule has 4 heteroatoms. The molecule has 0 aliphatic rings. The summed E-state index contributed by atoms with van der Waals surface area (Å²) in [5.41, 5.74) is 2.11. The van der Waals surface area contributed by atoms with Crippen molar-refractivity contribution in [1.29, 1.82) is 0 Å². The third-order valence-corrected chi connectivity index (χ3v) is 1.98. The maximum atomic E-state index is 9.03. The van der Waals surface area contributed by atoms with E-state index >= 15 is 0 Å². The molecule has 0 amide bonds. The Morgan fingerprint density at radius 1 is 1.46 bits per heavy atom. The molecule has 2 heterocycles. The molecule has 0 unspecified atom stereocenters. The van der Waals surface area contributed by atoms with Gasteiger partial charge in [0.1, 0.15) is 5.15 Å². The van der Waals surface area contributed by atoms with Gasteiger partial charge in [-0.05, 0) is 18.2 Å². The van der Waals surface area contributed by atoms with Crippen LogP contribution in [-0.4, -0.2) is 15.1 Å². The Hall–Kier alpha value is -1.19. The van der Waals surface area contributed by atoms with E-state index in [1.165, 1.54) is 0 Å². The highest BCUT2D eigenvalue weighted by Gasteiger charge is 2.03. The molecule has 2 aromatic rings.